The Balaban J connectivity index is 2.14. The van der Waals surface area contributed by atoms with Gasteiger partial charge >= 0.3 is 6.09 Å². The van der Waals surface area contributed by atoms with Crippen LogP contribution in [0.4, 0.5) is 4.79 Å². The topological polar surface area (TPSA) is 104 Å². The Morgan fingerprint density at radius 1 is 1.05 bits per heavy atom. The second-order valence-corrected chi connectivity index (χ2v) is 11.5. The summed E-state index contributed by atoms with van der Waals surface area (Å²) >= 11 is 6.08. The predicted octanol–water partition coefficient (Wildman–Crippen LogP) is 6.92. The van der Waals surface area contributed by atoms with Gasteiger partial charge in [0.2, 0.25) is 0 Å². The molecular weight excluding hydrogens is 514 g/mol. The van der Waals surface area contributed by atoms with Crippen LogP contribution in [-0.2, 0) is 24.3 Å². The van der Waals surface area contributed by atoms with Gasteiger partial charge in [-0.25, -0.2) is 4.79 Å². The molecule has 8 heteroatoms. The van der Waals surface area contributed by atoms with Gasteiger partial charge in [-0.2, -0.15) is 0 Å². The molecule has 3 N–H and O–H groups in total. The molecule has 208 valence electrons. The van der Waals surface area contributed by atoms with Gasteiger partial charge < -0.3 is 20.5 Å². The summed E-state index contributed by atoms with van der Waals surface area (Å²) in [5.41, 5.74) is 11.6. The largest absolute Gasteiger partial charge is 0.488 e. The van der Waals surface area contributed by atoms with E-state index in [1.807, 2.05) is 46.8 Å². The summed E-state index contributed by atoms with van der Waals surface area (Å²) in [5, 5.41) is 3.32. The van der Waals surface area contributed by atoms with Crippen LogP contribution in [0.5, 0.6) is 5.75 Å². The molecule has 2 aromatic carbocycles. The number of aryl methyl sites for hydroxylation is 2. The lowest BCUT2D eigenvalue weighted by Crippen LogP contribution is -2.32. The van der Waals surface area contributed by atoms with Gasteiger partial charge in [0.15, 0.2) is 0 Å². The summed E-state index contributed by atoms with van der Waals surface area (Å²) in [7, 11) is 0. The van der Waals surface area contributed by atoms with Crippen molar-refractivity contribution >= 4 is 23.6 Å². The van der Waals surface area contributed by atoms with E-state index in [1.165, 1.54) is 6.07 Å². The summed E-state index contributed by atoms with van der Waals surface area (Å²) in [5.74, 6) is 0.0498. The number of aromatic nitrogens is 1. The fourth-order valence-corrected chi connectivity index (χ4v) is 4.45. The molecule has 1 aromatic heterocycles. The Morgan fingerprint density at radius 3 is 2.31 bits per heavy atom. The first-order valence-corrected chi connectivity index (χ1v) is 13.4. The number of alkyl carbamates (subject to hydrolysis) is 1. The quantitative estimate of drug-likeness (QED) is 0.300. The summed E-state index contributed by atoms with van der Waals surface area (Å²) in [6.07, 6.45) is 0.230. The molecule has 0 aliphatic heterocycles. The van der Waals surface area contributed by atoms with Crippen molar-refractivity contribution in [2.75, 3.05) is 0 Å². The van der Waals surface area contributed by atoms with Crippen molar-refractivity contribution in [1.29, 1.82) is 0 Å². The van der Waals surface area contributed by atoms with Crippen LogP contribution in [0.3, 0.4) is 0 Å². The number of carbonyl (C=O) groups excluding carboxylic acids is 2. The second-order valence-electron chi connectivity index (χ2n) is 11.1. The maximum atomic E-state index is 12.6. The van der Waals surface area contributed by atoms with Crippen LogP contribution in [0.1, 0.15) is 73.1 Å². The highest BCUT2D eigenvalue weighted by atomic mass is 35.5. The number of hydrogen-bond donors (Lipinski definition) is 2. The Kier molecular flexibility index (Phi) is 9.62. The van der Waals surface area contributed by atoms with Crippen LogP contribution < -0.4 is 15.8 Å². The number of hydrogen-bond acceptors (Lipinski definition) is 5. The van der Waals surface area contributed by atoms with E-state index in [-0.39, 0.29) is 18.7 Å². The SMILES string of the molecule is Cc1ccc(-c2c(COc3ccc(Cl)cc3C(N)=O)c(C)nc(CC(C)C)c2CNC(=O)OC(C)(C)C)cc1. The molecule has 3 aromatic rings. The van der Waals surface area contributed by atoms with Crippen molar-refractivity contribution in [3.63, 3.8) is 0 Å². The molecule has 0 atom stereocenters. The van der Waals surface area contributed by atoms with E-state index in [2.05, 4.69) is 31.3 Å². The van der Waals surface area contributed by atoms with Crippen molar-refractivity contribution < 1.29 is 19.1 Å². The van der Waals surface area contributed by atoms with Crippen LogP contribution >= 0.6 is 11.6 Å². The van der Waals surface area contributed by atoms with Gasteiger partial charge in [0.25, 0.3) is 5.91 Å². The zero-order valence-electron chi connectivity index (χ0n) is 23.8. The van der Waals surface area contributed by atoms with E-state index in [4.69, 9.17) is 31.8 Å². The van der Waals surface area contributed by atoms with E-state index in [0.29, 0.717) is 16.7 Å². The number of nitrogens with zero attached hydrogens (tertiary/aromatic N) is 1. The molecule has 2 amide bonds. The highest BCUT2D eigenvalue weighted by Crippen LogP contribution is 2.34. The number of halogens is 1. The number of ether oxygens (including phenoxy) is 2. The molecule has 0 spiro atoms. The molecule has 3 rings (SSSR count). The van der Waals surface area contributed by atoms with E-state index in [1.54, 1.807) is 12.1 Å². The lowest BCUT2D eigenvalue weighted by atomic mass is 9.90. The van der Waals surface area contributed by atoms with Crippen molar-refractivity contribution in [2.24, 2.45) is 11.7 Å². The zero-order chi connectivity index (χ0) is 28.9. The molecule has 0 saturated carbocycles. The lowest BCUT2D eigenvalue weighted by Gasteiger charge is -2.24. The van der Waals surface area contributed by atoms with Crippen LogP contribution in [0.25, 0.3) is 11.1 Å². The first kappa shape index (κ1) is 30.0. The maximum Gasteiger partial charge on any atom is 0.407 e. The molecular formula is C31H38ClN3O4. The molecule has 7 nitrogen and oxygen atoms in total. The third kappa shape index (κ3) is 8.20. The maximum absolute atomic E-state index is 12.6. The van der Waals surface area contributed by atoms with Gasteiger partial charge in [-0.15, -0.1) is 0 Å². The van der Waals surface area contributed by atoms with Crippen LogP contribution in [0.15, 0.2) is 42.5 Å². The van der Waals surface area contributed by atoms with Crippen molar-refractivity contribution in [2.45, 2.75) is 73.6 Å². The van der Waals surface area contributed by atoms with Crippen LogP contribution in [-0.4, -0.2) is 22.6 Å². The predicted molar refractivity (Wildman–Crippen MR) is 155 cm³/mol. The van der Waals surface area contributed by atoms with Crippen molar-refractivity contribution in [1.82, 2.24) is 10.3 Å². The van der Waals surface area contributed by atoms with Crippen LogP contribution in [0, 0.1) is 19.8 Å². The molecule has 0 aliphatic rings. The van der Waals surface area contributed by atoms with Gasteiger partial charge in [0.05, 0.1) is 5.56 Å². The van der Waals surface area contributed by atoms with Crippen molar-refractivity contribution in [3.05, 3.63) is 81.1 Å². The van der Waals surface area contributed by atoms with Gasteiger partial charge in [0, 0.05) is 34.1 Å². The fourth-order valence-electron chi connectivity index (χ4n) is 4.28. The fraction of sp³-hybridized carbons (Fsp3) is 0.387. The van der Waals surface area contributed by atoms with Crippen LogP contribution in [0.2, 0.25) is 5.02 Å². The summed E-state index contributed by atoms with van der Waals surface area (Å²) in [6.45, 7) is 14.1. The smallest absolute Gasteiger partial charge is 0.407 e. The van der Waals surface area contributed by atoms with Gasteiger partial charge in [-0.1, -0.05) is 55.3 Å². The van der Waals surface area contributed by atoms with Crippen molar-refractivity contribution in [3.8, 4) is 16.9 Å². The Labute approximate surface area is 236 Å². The Hall–Kier alpha value is -3.58. The monoisotopic (exact) mass is 551 g/mol. The number of rotatable bonds is 9. The van der Waals surface area contributed by atoms with E-state index < -0.39 is 17.6 Å². The molecule has 0 radical (unpaired) electrons. The molecule has 0 fully saturated rings. The highest BCUT2D eigenvalue weighted by molar-refractivity contribution is 6.31. The minimum Gasteiger partial charge on any atom is -0.488 e. The first-order chi connectivity index (χ1) is 18.2. The molecule has 0 saturated heterocycles. The Morgan fingerprint density at radius 2 is 1.72 bits per heavy atom. The minimum absolute atomic E-state index is 0.130. The first-order valence-electron chi connectivity index (χ1n) is 13.0. The normalized spacial score (nSPS) is 11.4. The number of pyridine rings is 1. The number of benzene rings is 2. The third-order valence-corrected chi connectivity index (χ3v) is 6.26. The highest BCUT2D eigenvalue weighted by Gasteiger charge is 2.23. The number of nitrogens with one attached hydrogen (secondary N) is 1. The average Bonchev–Trinajstić information content (AvgIpc) is 2.82. The molecule has 0 unspecified atom stereocenters. The summed E-state index contributed by atoms with van der Waals surface area (Å²) < 4.78 is 11.7. The number of amides is 2. The zero-order valence-corrected chi connectivity index (χ0v) is 24.5. The molecule has 0 bridgehead atoms. The summed E-state index contributed by atoms with van der Waals surface area (Å²) in [6, 6.07) is 13.0. The van der Waals surface area contributed by atoms with Gasteiger partial charge in [-0.05, 0) is 76.3 Å². The summed E-state index contributed by atoms with van der Waals surface area (Å²) in [4.78, 5) is 29.6. The average molecular weight is 552 g/mol. The van der Waals surface area contributed by atoms with Gasteiger partial charge in [0.1, 0.15) is 18.0 Å². The van der Waals surface area contributed by atoms with E-state index >= 15 is 0 Å². The standard InChI is InChI=1S/C31H38ClN3O4/c1-18(2)14-26-24(16-34-30(37)39-31(5,6)7)28(21-10-8-19(3)9-11-21)25(20(4)35-26)17-38-27-13-12-22(32)15-23(27)29(33)36/h8-13,15,18H,14,16-17H2,1-7H3,(H2,33,36)(H,34,37). The van der Waals surface area contributed by atoms with E-state index in [0.717, 1.165) is 45.6 Å². The minimum atomic E-state index is -0.629. The third-order valence-electron chi connectivity index (χ3n) is 6.02. The number of primary amides is 1. The molecule has 39 heavy (non-hydrogen) atoms. The molecule has 1 heterocycles. The van der Waals surface area contributed by atoms with Gasteiger partial charge in [-0.3, -0.25) is 9.78 Å². The number of nitrogens with two attached hydrogens (primary N) is 1. The Bertz CT molecular complexity index is 1350. The molecule has 0 aliphatic carbocycles. The number of carbonyl (C=O) groups is 2. The lowest BCUT2D eigenvalue weighted by molar-refractivity contribution is 0.0523. The second kappa shape index (κ2) is 12.5. The van der Waals surface area contributed by atoms with E-state index in [9.17, 15) is 9.59 Å².